The van der Waals surface area contributed by atoms with Crippen LogP contribution < -0.4 is 15.8 Å². The van der Waals surface area contributed by atoms with Crippen LogP contribution in [0.1, 0.15) is 18.9 Å². The normalized spacial score (nSPS) is 17.2. The molecule has 0 fully saturated rings. The summed E-state index contributed by atoms with van der Waals surface area (Å²) in [6.45, 7) is 5.54. The van der Waals surface area contributed by atoms with Gasteiger partial charge in [0.2, 0.25) is 11.7 Å². The number of anilines is 1. The lowest BCUT2D eigenvalue weighted by Gasteiger charge is -2.22. The van der Waals surface area contributed by atoms with Crippen molar-refractivity contribution in [2.24, 2.45) is 4.99 Å². The van der Waals surface area contributed by atoms with Crippen LogP contribution in [-0.4, -0.2) is 42.0 Å². The number of pyridine rings is 1. The molecule has 2 heterocycles. The van der Waals surface area contributed by atoms with E-state index in [4.69, 9.17) is 5.41 Å². The quantitative estimate of drug-likeness (QED) is 0.589. The third-order valence-electron chi connectivity index (χ3n) is 3.90. The van der Waals surface area contributed by atoms with Gasteiger partial charge in [0, 0.05) is 25.9 Å². The van der Waals surface area contributed by atoms with Crippen LogP contribution in [0.15, 0.2) is 22.1 Å². The van der Waals surface area contributed by atoms with Crippen molar-refractivity contribution < 1.29 is 9.59 Å². The Labute approximate surface area is 133 Å². The minimum Gasteiger partial charge on any atom is -0.338 e. The van der Waals surface area contributed by atoms with E-state index in [0.29, 0.717) is 25.1 Å². The predicted molar refractivity (Wildman–Crippen MR) is 87.3 cm³/mol. The number of rotatable bonds is 2. The summed E-state index contributed by atoms with van der Waals surface area (Å²) in [5.74, 6) is -1.61. The number of aliphatic imine (C=N–C) groups is 1. The number of amides is 2. The maximum atomic E-state index is 12.5. The summed E-state index contributed by atoms with van der Waals surface area (Å²) in [5.41, 5.74) is 1.25. The van der Waals surface area contributed by atoms with Crippen LogP contribution in [0, 0.1) is 5.41 Å². The van der Waals surface area contributed by atoms with Gasteiger partial charge in [0.15, 0.2) is 0 Å². The molecule has 0 saturated heterocycles. The number of amidine groups is 1. The summed E-state index contributed by atoms with van der Waals surface area (Å²) in [6.07, 6.45) is 2.67. The number of likely N-dealkylation sites (N-methyl/N-ethyl adjacent to an activating group) is 1. The second-order valence-corrected chi connectivity index (χ2v) is 5.28. The van der Waals surface area contributed by atoms with E-state index in [1.54, 1.807) is 17.8 Å². The zero-order chi connectivity index (χ0) is 17.1. The van der Waals surface area contributed by atoms with E-state index in [2.05, 4.69) is 17.0 Å². The highest BCUT2D eigenvalue weighted by atomic mass is 16.2. The molecule has 0 spiro atoms. The summed E-state index contributed by atoms with van der Waals surface area (Å²) < 4.78 is 1.58. The maximum Gasteiger partial charge on any atom is 0.289 e. The van der Waals surface area contributed by atoms with Crippen LogP contribution in [0.4, 0.5) is 5.69 Å². The smallest absolute Gasteiger partial charge is 0.289 e. The van der Waals surface area contributed by atoms with Crippen molar-refractivity contribution in [3.63, 3.8) is 0 Å². The molecule has 1 aromatic rings. The predicted octanol–water partition coefficient (Wildman–Crippen LogP) is -0.0601. The molecule has 2 rings (SSSR count). The summed E-state index contributed by atoms with van der Waals surface area (Å²) in [6, 6.07) is 0.668. The molecule has 8 heteroatoms. The Hall–Kier alpha value is -2.77. The number of aryl methyl sites for hydroxylation is 2. The first-order valence-corrected chi connectivity index (χ1v) is 7.26. The van der Waals surface area contributed by atoms with E-state index < -0.39 is 17.8 Å². The van der Waals surface area contributed by atoms with Crippen LogP contribution in [0.25, 0.3) is 0 Å². The Morgan fingerprint density at radius 2 is 2.22 bits per heavy atom. The highest BCUT2D eigenvalue weighted by Gasteiger charge is 2.30. The van der Waals surface area contributed by atoms with Crippen molar-refractivity contribution in [3.8, 4) is 0 Å². The van der Waals surface area contributed by atoms with E-state index in [-0.39, 0.29) is 11.5 Å². The molecule has 2 amide bonds. The number of carbonyl (C=O) groups excluding carboxylic acids is 2. The van der Waals surface area contributed by atoms with E-state index in [9.17, 15) is 14.4 Å². The lowest BCUT2D eigenvalue weighted by Crippen LogP contribution is -2.48. The summed E-state index contributed by atoms with van der Waals surface area (Å²) in [7, 11) is 1.57. The Morgan fingerprint density at radius 3 is 2.83 bits per heavy atom. The summed E-state index contributed by atoms with van der Waals surface area (Å²) in [4.78, 5) is 40.8. The average molecular weight is 317 g/mol. The molecule has 1 atom stereocenters. The van der Waals surface area contributed by atoms with Gasteiger partial charge in [-0.1, -0.05) is 0 Å². The van der Waals surface area contributed by atoms with Gasteiger partial charge >= 0.3 is 0 Å². The van der Waals surface area contributed by atoms with Crippen LogP contribution in [-0.2, 0) is 22.6 Å². The number of hydrogen-bond donors (Lipinski definition) is 2. The molecule has 23 heavy (non-hydrogen) atoms. The molecule has 0 radical (unpaired) electrons. The van der Waals surface area contributed by atoms with Crippen molar-refractivity contribution >= 4 is 30.1 Å². The fourth-order valence-corrected chi connectivity index (χ4v) is 2.57. The van der Waals surface area contributed by atoms with Gasteiger partial charge < -0.3 is 14.8 Å². The molecule has 8 nitrogen and oxygen atoms in total. The van der Waals surface area contributed by atoms with E-state index >= 15 is 0 Å². The fourth-order valence-electron chi connectivity index (χ4n) is 2.57. The first kappa shape index (κ1) is 16.6. The van der Waals surface area contributed by atoms with E-state index in [1.807, 2.05) is 6.92 Å². The number of aromatic nitrogens is 1. The SMILES string of the molecule is C=NC(=N)C(=O)N[C@@H]1CCc2cn(CC)c(=O)cc2N(C)C1=O. The lowest BCUT2D eigenvalue weighted by molar-refractivity contribution is -0.124. The Morgan fingerprint density at radius 1 is 1.52 bits per heavy atom. The number of carbonyl (C=O) groups is 2. The standard InChI is InChI=1S/C15H19N5O3/c1-4-20-8-9-5-6-10(18-14(22)13(16)17-2)15(23)19(3)11(9)7-12(20)21/h7-8,10,16H,2,4-6H2,1,3H3,(H,18,22)/t10-/m1/s1. The number of fused-ring (bicyclic) bond motifs is 1. The Bertz CT molecular complexity index is 737. The molecule has 0 saturated carbocycles. The zero-order valence-corrected chi connectivity index (χ0v) is 13.1. The number of nitrogens with one attached hydrogen (secondary N) is 2. The van der Waals surface area contributed by atoms with Crippen molar-refractivity contribution in [2.75, 3.05) is 11.9 Å². The molecular weight excluding hydrogens is 298 g/mol. The van der Waals surface area contributed by atoms with E-state index in [1.165, 1.54) is 11.0 Å². The minimum absolute atomic E-state index is 0.175. The van der Waals surface area contributed by atoms with Gasteiger partial charge in [-0.25, -0.2) is 4.99 Å². The first-order chi connectivity index (χ1) is 10.9. The van der Waals surface area contributed by atoms with Gasteiger partial charge in [-0.2, -0.15) is 0 Å². The topological polar surface area (TPSA) is 108 Å². The van der Waals surface area contributed by atoms with Gasteiger partial charge in [-0.05, 0) is 32.0 Å². The second-order valence-electron chi connectivity index (χ2n) is 5.28. The molecule has 0 unspecified atom stereocenters. The van der Waals surface area contributed by atoms with E-state index in [0.717, 1.165) is 5.56 Å². The average Bonchev–Trinajstić information content (AvgIpc) is 2.66. The van der Waals surface area contributed by atoms with Gasteiger partial charge in [-0.3, -0.25) is 19.8 Å². The van der Waals surface area contributed by atoms with Gasteiger partial charge in [0.05, 0.1) is 5.69 Å². The highest BCUT2D eigenvalue weighted by Crippen LogP contribution is 2.24. The summed E-state index contributed by atoms with van der Waals surface area (Å²) in [5, 5.41) is 9.83. The largest absolute Gasteiger partial charge is 0.338 e. The first-order valence-electron chi connectivity index (χ1n) is 7.26. The maximum absolute atomic E-state index is 12.5. The lowest BCUT2D eigenvalue weighted by atomic mass is 10.1. The van der Waals surface area contributed by atoms with Crippen LogP contribution in [0.3, 0.4) is 0 Å². The molecule has 1 aliphatic heterocycles. The van der Waals surface area contributed by atoms with Crippen molar-refractivity contribution in [3.05, 3.63) is 28.2 Å². The molecule has 0 aromatic carbocycles. The third kappa shape index (κ3) is 3.20. The summed E-state index contributed by atoms with van der Waals surface area (Å²) >= 11 is 0. The molecular formula is C15H19N5O3. The van der Waals surface area contributed by atoms with Crippen molar-refractivity contribution in [1.82, 2.24) is 9.88 Å². The van der Waals surface area contributed by atoms with Gasteiger partial charge in [-0.15, -0.1) is 0 Å². The monoisotopic (exact) mass is 317 g/mol. The molecule has 0 bridgehead atoms. The Balaban J connectivity index is 2.31. The molecule has 122 valence electrons. The fraction of sp³-hybridized carbons (Fsp3) is 0.400. The van der Waals surface area contributed by atoms with Gasteiger partial charge in [0.1, 0.15) is 6.04 Å². The van der Waals surface area contributed by atoms with Crippen LogP contribution in [0.2, 0.25) is 0 Å². The molecule has 0 aliphatic carbocycles. The molecule has 1 aliphatic rings. The third-order valence-corrected chi connectivity index (χ3v) is 3.90. The van der Waals surface area contributed by atoms with Crippen LogP contribution in [0.5, 0.6) is 0 Å². The minimum atomic E-state index is -0.771. The second kappa shape index (κ2) is 6.55. The molecule has 1 aromatic heterocycles. The highest BCUT2D eigenvalue weighted by molar-refractivity contribution is 6.38. The van der Waals surface area contributed by atoms with Crippen molar-refractivity contribution in [2.45, 2.75) is 32.4 Å². The zero-order valence-electron chi connectivity index (χ0n) is 13.1. The number of hydrogen-bond acceptors (Lipinski definition) is 4. The van der Waals surface area contributed by atoms with Gasteiger partial charge in [0.25, 0.3) is 11.5 Å². The Kier molecular flexibility index (Phi) is 4.73. The number of nitrogens with zero attached hydrogens (tertiary/aromatic N) is 3. The van der Waals surface area contributed by atoms with Crippen LogP contribution >= 0.6 is 0 Å². The van der Waals surface area contributed by atoms with Crippen molar-refractivity contribution in [1.29, 1.82) is 5.41 Å². The molecule has 2 N–H and O–H groups in total.